The standard InChI is InChI=1S/C13H20FNO3/c1-15(5-7-18-8-6-16)10-11-3-4-13(17-2)12(14)9-11/h3-4,9,16H,5-8,10H2,1-2H3. The fourth-order valence-corrected chi connectivity index (χ4v) is 1.59. The van der Waals surface area contributed by atoms with E-state index >= 15 is 0 Å². The number of aliphatic hydroxyl groups excluding tert-OH is 1. The third-order valence-electron chi connectivity index (χ3n) is 2.52. The number of rotatable bonds is 8. The lowest BCUT2D eigenvalue weighted by Gasteiger charge is -2.17. The van der Waals surface area contributed by atoms with Gasteiger partial charge in [0.25, 0.3) is 0 Å². The maximum atomic E-state index is 13.5. The topological polar surface area (TPSA) is 41.9 Å². The number of hydrogen-bond donors (Lipinski definition) is 1. The van der Waals surface area contributed by atoms with Crippen LogP contribution in [-0.2, 0) is 11.3 Å². The highest BCUT2D eigenvalue weighted by molar-refractivity contribution is 5.29. The number of halogens is 1. The Labute approximate surface area is 107 Å². The fraction of sp³-hybridized carbons (Fsp3) is 0.538. The lowest BCUT2D eigenvalue weighted by Crippen LogP contribution is -2.23. The molecular weight excluding hydrogens is 237 g/mol. The number of likely N-dealkylation sites (N-methyl/N-ethyl adjacent to an activating group) is 1. The van der Waals surface area contributed by atoms with Crippen LogP contribution >= 0.6 is 0 Å². The molecule has 1 aromatic rings. The van der Waals surface area contributed by atoms with Crippen LogP contribution < -0.4 is 4.74 Å². The van der Waals surface area contributed by atoms with Gasteiger partial charge in [0.2, 0.25) is 0 Å². The molecule has 0 atom stereocenters. The van der Waals surface area contributed by atoms with E-state index < -0.39 is 0 Å². The van der Waals surface area contributed by atoms with Crippen LogP contribution in [0.5, 0.6) is 5.75 Å². The number of benzene rings is 1. The summed E-state index contributed by atoms with van der Waals surface area (Å²) in [6.07, 6.45) is 0. The minimum Gasteiger partial charge on any atom is -0.494 e. The predicted molar refractivity (Wildman–Crippen MR) is 67.2 cm³/mol. The van der Waals surface area contributed by atoms with Gasteiger partial charge in [0.15, 0.2) is 11.6 Å². The summed E-state index contributed by atoms with van der Waals surface area (Å²) < 4.78 is 23.5. The van der Waals surface area contributed by atoms with Gasteiger partial charge in [-0.1, -0.05) is 6.07 Å². The molecule has 1 N–H and O–H groups in total. The first kappa shape index (κ1) is 14.9. The van der Waals surface area contributed by atoms with Crippen molar-refractivity contribution < 1.29 is 19.0 Å². The summed E-state index contributed by atoms with van der Waals surface area (Å²) in [4.78, 5) is 2.03. The van der Waals surface area contributed by atoms with Crippen LogP contribution in [0, 0.1) is 5.82 Å². The van der Waals surface area contributed by atoms with Gasteiger partial charge in [0, 0.05) is 13.1 Å². The first-order valence-corrected chi connectivity index (χ1v) is 5.87. The zero-order valence-corrected chi connectivity index (χ0v) is 10.9. The van der Waals surface area contributed by atoms with Gasteiger partial charge in [0.1, 0.15) is 0 Å². The van der Waals surface area contributed by atoms with Crippen molar-refractivity contribution in [2.24, 2.45) is 0 Å². The van der Waals surface area contributed by atoms with Gasteiger partial charge in [-0.3, -0.25) is 4.90 Å². The zero-order valence-electron chi connectivity index (χ0n) is 10.9. The van der Waals surface area contributed by atoms with Crippen LogP contribution in [-0.4, -0.2) is 50.5 Å². The molecule has 0 radical (unpaired) electrons. The number of nitrogens with zero attached hydrogens (tertiary/aromatic N) is 1. The number of aliphatic hydroxyl groups is 1. The SMILES string of the molecule is COc1ccc(CN(C)CCOCCO)cc1F. The van der Waals surface area contributed by atoms with E-state index in [1.54, 1.807) is 6.07 Å². The molecule has 0 bridgehead atoms. The Bertz CT molecular complexity index is 360. The van der Waals surface area contributed by atoms with Gasteiger partial charge in [-0.05, 0) is 24.7 Å². The maximum absolute atomic E-state index is 13.5. The lowest BCUT2D eigenvalue weighted by molar-refractivity contribution is 0.0773. The minimum atomic E-state index is -0.347. The third kappa shape index (κ3) is 5.00. The largest absolute Gasteiger partial charge is 0.494 e. The zero-order chi connectivity index (χ0) is 13.4. The van der Waals surface area contributed by atoms with E-state index in [2.05, 4.69) is 0 Å². The molecule has 0 aliphatic carbocycles. The van der Waals surface area contributed by atoms with Crippen molar-refractivity contribution >= 4 is 0 Å². The molecule has 0 saturated carbocycles. The second-order valence-electron chi connectivity index (χ2n) is 4.04. The molecule has 102 valence electrons. The summed E-state index contributed by atoms with van der Waals surface area (Å²) in [5, 5.41) is 8.55. The normalized spacial score (nSPS) is 10.9. The van der Waals surface area contributed by atoms with Crippen molar-refractivity contribution in [3.63, 3.8) is 0 Å². The summed E-state index contributed by atoms with van der Waals surface area (Å²) in [7, 11) is 3.38. The molecule has 0 aliphatic heterocycles. The van der Waals surface area contributed by atoms with Gasteiger partial charge in [-0.15, -0.1) is 0 Å². The van der Waals surface area contributed by atoms with Crippen molar-refractivity contribution in [2.45, 2.75) is 6.54 Å². The van der Waals surface area contributed by atoms with E-state index in [-0.39, 0.29) is 18.2 Å². The quantitative estimate of drug-likeness (QED) is 0.712. The summed E-state index contributed by atoms with van der Waals surface area (Å²) in [5.41, 5.74) is 0.887. The molecule has 0 aliphatic rings. The number of ether oxygens (including phenoxy) is 2. The van der Waals surface area contributed by atoms with Gasteiger partial charge < -0.3 is 14.6 Å². The molecule has 5 heteroatoms. The molecule has 1 rings (SSSR count). The van der Waals surface area contributed by atoms with Crippen molar-refractivity contribution in [3.8, 4) is 5.75 Å². The molecule has 18 heavy (non-hydrogen) atoms. The molecule has 1 aromatic carbocycles. The van der Waals surface area contributed by atoms with E-state index in [0.717, 1.165) is 12.1 Å². The average molecular weight is 257 g/mol. The fourth-order valence-electron chi connectivity index (χ4n) is 1.59. The molecule has 4 nitrogen and oxygen atoms in total. The molecular formula is C13H20FNO3. The Morgan fingerprint density at radius 3 is 2.72 bits per heavy atom. The average Bonchev–Trinajstić information content (AvgIpc) is 2.35. The first-order chi connectivity index (χ1) is 8.67. The Hall–Kier alpha value is -1.17. The molecule has 0 heterocycles. The molecule has 0 saturated heterocycles. The highest BCUT2D eigenvalue weighted by Crippen LogP contribution is 2.18. The Balaban J connectivity index is 2.39. The van der Waals surface area contributed by atoms with Crippen molar-refractivity contribution in [3.05, 3.63) is 29.6 Å². The van der Waals surface area contributed by atoms with Crippen LogP contribution in [0.15, 0.2) is 18.2 Å². The van der Waals surface area contributed by atoms with Gasteiger partial charge in [-0.25, -0.2) is 4.39 Å². The summed E-state index contributed by atoms with van der Waals surface area (Å²) in [5.74, 6) is -0.0902. The van der Waals surface area contributed by atoms with Crippen LogP contribution in [0.25, 0.3) is 0 Å². The lowest BCUT2D eigenvalue weighted by atomic mass is 10.2. The van der Waals surface area contributed by atoms with Crippen LogP contribution in [0.1, 0.15) is 5.56 Å². The van der Waals surface area contributed by atoms with E-state index in [9.17, 15) is 4.39 Å². The molecule has 0 unspecified atom stereocenters. The summed E-state index contributed by atoms with van der Waals surface area (Å²) in [6, 6.07) is 4.94. The highest BCUT2D eigenvalue weighted by Gasteiger charge is 2.05. The Morgan fingerprint density at radius 2 is 2.11 bits per heavy atom. The number of methoxy groups -OCH3 is 1. The van der Waals surface area contributed by atoms with E-state index in [0.29, 0.717) is 19.8 Å². The monoisotopic (exact) mass is 257 g/mol. The molecule has 0 fully saturated rings. The number of hydrogen-bond acceptors (Lipinski definition) is 4. The summed E-state index contributed by atoms with van der Waals surface area (Å²) >= 11 is 0. The second kappa shape index (κ2) is 8.02. The van der Waals surface area contributed by atoms with Crippen LogP contribution in [0.2, 0.25) is 0 Å². The predicted octanol–water partition coefficient (Wildman–Crippen LogP) is 1.27. The van der Waals surface area contributed by atoms with E-state index in [4.69, 9.17) is 14.6 Å². The maximum Gasteiger partial charge on any atom is 0.165 e. The van der Waals surface area contributed by atoms with Gasteiger partial charge >= 0.3 is 0 Å². The first-order valence-electron chi connectivity index (χ1n) is 5.87. The molecule has 0 aromatic heterocycles. The van der Waals surface area contributed by atoms with Crippen LogP contribution in [0.4, 0.5) is 4.39 Å². The van der Waals surface area contributed by atoms with Crippen molar-refractivity contribution in [2.75, 3.05) is 40.5 Å². The second-order valence-corrected chi connectivity index (χ2v) is 4.04. The smallest absolute Gasteiger partial charge is 0.165 e. The minimum absolute atomic E-state index is 0.0351. The molecule has 0 spiro atoms. The Kier molecular flexibility index (Phi) is 6.64. The third-order valence-corrected chi connectivity index (χ3v) is 2.52. The van der Waals surface area contributed by atoms with Crippen LogP contribution in [0.3, 0.4) is 0 Å². The Morgan fingerprint density at radius 1 is 1.33 bits per heavy atom. The summed E-state index contributed by atoms with van der Waals surface area (Å²) in [6.45, 7) is 2.31. The van der Waals surface area contributed by atoms with Crippen molar-refractivity contribution in [1.29, 1.82) is 0 Å². The highest BCUT2D eigenvalue weighted by atomic mass is 19.1. The van der Waals surface area contributed by atoms with Gasteiger partial charge in [-0.2, -0.15) is 0 Å². The van der Waals surface area contributed by atoms with E-state index in [1.165, 1.54) is 13.2 Å². The molecule has 0 amide bonds. The van der Waals surface area contributed by atoms with Crippen molar-refractivity contribution in [1.82, 2.24) is 4.90 Å². The van der Waals surface area contributed by atoms with Gasteiger partial charge in [0.05, 0.1) is 26.9 Å². The van der Waals surface area contributed by atoms with E-state index in [1.807, 2.05) is 18.0 Å².